The van der Waals surface area contributed by atoms with Crippen LogP contribution in [0.3, 0.4) is 0 Å². The number of benzene rings is 1. The van der Waals surface area contributed by atoms with Gasteiger partial charge >= 0.3 is 0 Å². The van der Waals surface area contributed by atoms with Gasteiger partial charge in [-0.05, 0) is 12.5 Å². The summed E-state index contributed by atoms with van der Waals surface area (Å²) in [6, 6.07) is 10.5. The largest absolute Gasteiger partial charge is 0.384 e. The summed E-state index contributed by atoms with van der Waals surface area (Å²) in [6.45, 7) is 0.869. The summed E-state index contributed by atoms with van der Waals surface area (Å²) in [5.41, 5.74) is 1.19. The fraction of sp³-hybridized carbons (Fsp3) is 0.250. The summed E-state index contributed by atoms with van der Waals surface area (Å²) in [6.07, 6.45) is 1.52. The molecular weight excluding hydrogens is 204 g/mol. The molecule has 2 rings (SSSR count). The number of hydrogen-bond acceptors (Lipinski definition) is 3. The third-order valence-electron chi connectivity index (χ3n) is 2.26. The van der Waals surface area contributed by atoms with Gasteiger partial charge in [0.05, 0.1) is 11.8 Å². The van der Waals surface area contributed by atoms with Crippen molar-refractivity contribution in [3.63, 3.8) is 0 Å². The molecule has 0 spiro atoms. The highest BCUT2D eigenvalue weighted by Gasteiger charge is 2.01. The van der Waals surface area contributed by atoms with Crippen molar-refractivity contribution < 1.29 is 0 Å². The number of nitrogens with zero attached hydrogens (tertiary/aromatic N) is 1. The van der Waals surface area contributed by atoms with E-state index in [-0.39, 0.29) is 0 Å². The monoisotopic (exact) mass is 216 g/mol. The Kier molecular flexibility index (Phi) is 3.21. The minimum atomic E-state index is 0.620. The maximum absolute atomic E-state index is 8.42. The number of hydrogen-bond donors (Lipinski definition) is 1. The van der Waals surface area contributed by atoms with E-state index in [4.69, 9.17) is 5.26 Å². The highest BCUT2D eigenvalue weighted by Crippen LogP contribution is 2.29. The predicted molar refractivity (Wildman–Crippen MR) is 65.2 cm³/mol. The molecule has 1 N–H and O–H groups in total. The minimum Gasteiger partial charge on any atom is -0.384 e. The van der Waals surface area contributed by atoms with Gasteiger partial charge in [-0.15, -0.1) is 11.3 Å². The van der Waals surface area contributed by atoms with E-state index in [1.807, 2.05) is 0 Å². The first kappa shape index (κ1) is 10.0. The molecule has 0 fully saturated rings. The Morgan fingerprint density at radius 2 is 2.20 bits per heavy atom. The molecule has 0 aliphatic carbocycles. The number of rotatable bonds is 4. The average molecular weight is 216 g/mol. The molecule has 0 aliphatic heterocycles. The van der Waals surface area contributed by atoms with E-state index in [0.29, 0.717) is 6.42 Å². The van der Waals surface area contributed by atoms with E-state index in [1.54, 1.807) is 11.3 Å². The standard InChI is InChI=1S/C12H12N2S/c13-7-3-4-8-14-11-9-15-12-6-2-1-5-10(11)12/h1-2,5-6,9,14H,3-4,8H2. The van der Waals surface area contributed by atoms with Gasteiger partial charge in [0.25, 0.3) is 0 Å². The molecule has 0 unspecified atom stereocenters. The van der Waals surface area contributed by atoms with Gasteiger partial charge in [0.1, 0.15) is 0 Å². The summed E-state index contributed by atoms with van der Waals surface area (Å²) in [4.78, 5) is 0. The first-order chi connectivity index (χ1) is 7.42. The Labute approximate surface area is 93.2 Å². The molecule has 0 saturated carbocycles. The zero-order valence-corrected chi connectivity index (χ0v) is 9.18. The Morgan fingerprint density at radius 3 is 3.07 bits per heavy atom. The van der Waals surface area contributed by atoms with E-state index in [2.05, 4.69) is 41.0 Å². The summed E-state index contributed by atoms with van der Waals surface area (Å²) in [5, 5.41) is 15.2. The summed E-state index contributed by atoms with van der Waals surface area (Å²) >= 11 is 1.75. The number of thiophene rings is 1. The van der Waals surface area contributed by atoms with E-state index in [1.165, 1.54) is 15.8 Å². The third-order valence-corrected chi connectivity index (χ3v) is 3.23. The topological polar surface area (TPSA) is 35.8 Å². The van der Waals surface area contributed by atoms with Crippen molar-refractivity contribution >= 4 is 27.1 Å². The second-order valence-corrected chi connectivity index (χ2v) is 4.25. The molecule has 1 heterocycles. The lowest BCUT2D eigenvalue weighted by atomic mass is 10.2. The molecular formula is C12H12N2S. The fourth-order valence-corrected chi connectivity index (χ4v) is 2.42. The average Bonchev–Trinajstić information content (AvgIpc) is 2.68. The van der Waals surface area contributed by atoms with Crippen molar-refractivity contribution in [2.45, 2.75) is 12.8 Å². The van der Waals surface area contributed by atoms with Crippen LogP contribution in [0.5, 0.6) is 0 Å². The van der Waals surface area contributed by atoms with Gasteiger partial charge in [-0.3, -0.25) is 0 Å². The van der Waals surface area contributed by atoms with Crippen LogP contribution < -0.4 is 5.32 Å². The predicted octanol–water partition coefficient (Wildman–Crippen LogP) is 3.62. The number of nitriles is 1. The van der Waals surface area contributed by atoms with E-state index in [9.17, 15) is 0 Å². The second-order valence-electron chi connectivity index (χ2n) is 3.33. The van der Waals surface area contributed by atoms with Crippen LogP contribution >= 0.6 is 11.3 Å². The summed E-state index contributed by atoms with van der Waals surface area (Å²) in [5.74, 6) is 0. The van der Waals surface area contributed by atoms with Crippen LogP contribution in [0.15, 0.2) is 29.6 Å². The molecule has 15 heavy (non-hydrogen) atoms. The van der Waals surface area contributed by atoms with Crippen molar-refractivity contribution in [3.05, 3.63) is 29.6 Å². The van der Waals surface area contributed by atoms with Gasteiger partial charge in [-0.2, -0.15) is 5.26 Å². The molecule has 2 aromatic rings. The molecule has 1 aromatic carbocycles. The van der Waals surface area contributed by atoms with Gasteiger partial charge in [-0.25, -0.2) is 0 Å². The number of nitrogens with one attached hydrogen (secondary N) is 1. The molecule has 1 aromatic heterocycles. The van der Waals surface area contributed by atoms with Crippen LogP contribution in [0.2, 0.25) is 0 Å². The van der Waals surface area contributed by atoms with Crippen molar-refractivity contribution in [2.75, 3.05) is 11.9 Å². The van der Waals surface area contributed by atoms with Crippen molar-refractivity contribution in [2.24, 2.45) is 0 Å². The van der Waals surface area contributed by atoms with Gasteiger partial charge in [0.2, 0.25) is 0 Å². The van der Waals surface area contributed by atoms with Crippen LogP contribution in [0.25, 0.3) is 10.1 Å². The van der Waals surface area contributed by atoms with E-state index >= 15 is 0 Å². The lowest BCUT2D eigenvalue weighted by Gasteiger charge is -2.02. The van der Waals surface area contributed by atoms with Crippen LogP contribution in [0, 0.1) is 11.3 Å². The van der Waals surface area contributed by atoms with Gasteiger partial charge in [0.15, 0.2) is 0 Å². The van der Waals surface area contributed by atoms with Crippen LogP contribution in [0.1, 0.15) is 12.8 Å². The van der Waals surface area contributed by atoms with E-state index in [0.717, 1.165) is 13.0 Å². The van der Waals surface area contributed by atoms with Crippen LogP contribution in [-0.2, 0) is 0 Å². The zero-order chi connectivity index (χ0) is 10.5. The summed E-state index contributed by atoms with van der Waals surface area (Å²) in [7, 11) is 0. The van der Waals surface area contributed by atoms with Crippen molar-refractivity contribution in [3.8, 4) is 6.07 Å². The molecule has 0 radical (unpaired) electrons. The molecule has 0 aliphatic rings. The Hall–Kier alpha value is -1.53. The van der Waals surface area contributed by atoms with Gasteiger partial charge in [-0.1, -0.05) is 18.2 Å². The number of anilines is 1. The lowest BCUT2D eigenvalue weighted by Crippen LogP contribution is -1.99. The number of fused-ring (bicyclic) bond motifs is 1. The maximum atomic E-state index is 8.42. The molecule has 2 nitrogen and oxygen atoms in total. The normalized spacial score (nSPS) is 10.1. The van der Waals surface area contributed by atoms with Gasteiger partial charge in [0, 0.05) is 28.4 Å². The van der Waals surface area contributed by atoms with Crippen LogP contribution in [0.4, 0.5) is 5.69 Å². The quantitative estimate of drug-likeness (QED) is 0.792. The zero-order valence-electron chi connectivity index (χ0n) is 8.36. The molecule has 76 valence electrons. The molecule has 0 bridgehead atoms. The highest BCUT2D eigenvalue weighted by molar-refractivity contribution is 7.17. The van der Waals surface area contributed by atoms with Crippen molar-refractivity contribution in [1.82, 2.24) is 0 Å². The first-order valence-corrected chi connectivity index (χ1v) is 5.87. The van der Waals surface area contributed by atoms with E-state index < -0.39 is 0 Å². The summed E-state index contributed by atoms with van der Waals surface area (Å²) < 4.78 is 1.31. The first-order valence-electron chi connectivity index (χ1n) is 4.99. The fourth-order valence-electron chi connectivity index (χ4n) is 1.51. The number of unbranched alkanes of at least 4 members (excludes halogenated alkanes) is 1. The molecule has 3 heteroatoms. The minimum absolute atomic E-state index is 0.620. The molecule has 0 saturated heterocycles. The second kappa shape index (κ2) is 4.81. The smallest absolute Gasteiger partial charge is 0.0622 e. The Morgan fingerprint density at radius 1 is 1.33 bits per heavy atom. The Bertz CT molecular complexity index is 482. The third kappa shape index (κ3) is 2.28. The van der Waals surface area contributed by atoms with Gasteiger partial charge < -0.3 is 5.32 Å². The lowest BCUT2D eigenvalue weighted by molar-refractivity contribution is 0.899. The highest BCUT2D eigenvalue weighted by atomic mass is 32.1. The SMILES string of the molecule is N#CCCCNc1csc2ccccc12. The van der Waals surface area contributed by atoms with Crippen LogP contribution in [-0.4, -0.2) is 6.54 Å². The van der Waals surface area contributed by atoms with Crippen molar-refractivity contribution in [1.29, 1.82) is 5.26 Å². The molecule has 0 atom stereocenters. The maximum Gasteiger partial charge on any atom is 0.0622 e. The molecule has 0 amide bonds. The Balaban J connectivity index is 2.05.